The van der Waals surface area contributed by atoms with Crippen LogP contribution in [0.2, 0.25) is 0 Å². The molecule has 0 aromatic heterocycles. The summed E-state index contributed by atoms with van der Waals surface area (Å²) < 4.78 is 0. The Morgan fingerprint density at radius 1 is 0.846 bits per heavy atom. The molecule has 0 radical (unpaired) electrons. The molecule has 2 amide bonds. The monoisotopic (exact) mass is 284 g/mol. The van der Waals surface area contributed by atoms with Gasteiger partial charge in [0.05, 0.1) is 0 Å². The van der Waals surface area contributed by atoms with Gasteiger partial charge in [0, 0.05) is 0 Å². The quantitative estimate of drug-likeness (QED) is 0.256. The average molecular weight is 284 g/mol. The zero-order valence-corrected chi connectivity index (χ0v) is 17.9. The fraction of sp³-hybridized carbons (Fsp3) is 0. The molecule has 0 aromatic rings. The van der Waals surface area contributed by atoms with Crippen molar-refractivity contribution in [3.63, 3.8) is 0 Å². The Balaban J connectivity index is -0.0000000279. The molecular formula is C2H4K3N2O5P. The molecule has 0 saturated carbocycles. The van der Waals surface area contributed by atoms with E-state index in [1.807, 2.05) is 0 Å². The molecule has 0 fully saturated rings. The van der Waals surface area contributed by atoms with Crippen molar-refractivity contribution in [2.45, 2.75) is 0 Å². The first-order valence-corrected chi connectivity index (χ1v) is 2.88. The van der Waals surface area contributed by atoms with Crippen LogP contribution >= 0.6 is 8.60 Å². The number of carbonyl (C=O) groups excluding carboxylic acids is 2. The Morgan fingerprint density at radius 2 is 0.923 bits per heavy atom. The number of primary amides is 2. The molecule has 0 spiro atoms. The second kappa shape index (κ2) is 21.4. The van der Waals surface area contributed by atoms with E-state index in [0.29, 0.717) is 0 Å². The topological polar surface area (TPSA) is 155 Å². The summed E-state index contributed by atoms with van der Waals surface area (Å²) in [7, 11) is -3.37. The molecule has 0 aliphatic carbocycles. The number of nitrogens with two attached hydrogens (primary N) is 2. The van der Waals surface area contributed by atoms with Crippen LogP contribution in [0.15, 0.2) is 0 Å². The predicted octanol–water partition coefficient (Wildman–Crippen LogP) is -13.7. The minimum Gasteiger partial charge on any atom is -0.854 e. The zero-order valence-electron chi connectivity index (χ0n) is 7.64. The van der Waals surface area contributed by atoms with Gasteiger partial charge in [0.25, 0.3) is 0 Å². The van der Waals surface area contributed by atoms with E-state index in [2.05, 4.69) is 11.5 Å². The molecule has 11 heteroatoms. The van der Waals surface area contributed by atoms with Crippen molar-refractivity contribution in [1.82, 2.24) is 0 Å². The van der Waals surface area contributed by atoms with E-state index < -0.39 is 20.4 Å². The number of carbonyl (C=O) groups is 2. The summed E-state index contributed by atoms with van der Waals surface area (Å²) in [5.41, 5.74) is 8.64. The maximum absolute atomic E-state index is 9.45. The van der Waals surface area contributed by atoms with Crippen molar-refractivity contribution >= 4 is 20.4 Å². The van der Waals surface area contributed by atoms with Crippen LogP contribution in [0.25, 0.3) is 0 Å². The van der Waals surface area contributed by atoms with Crippen LogP contribution in [0.4, 0.5) is 0 Å². The van der Waals surface area contributed by atoms with Gasteiger partial charge in [-0.05, 0) is 0 Å². The van der Waals surface area contributed by atoms with E-state index >= 15 is 0 Å². The Hall–Kier alpha value is 4.16. The van der Waals surface area contributed by atoms with Crippen molar-refractivity contribution in [2.24, 2.45) is 11.5 Å². The van der Waals surface area contributed by atoms with E-state index in [0.717, 1.165) is 0 Å². The Morgan fingerprint density at radius 3 is 0.923 bits per heavy atom. The summed E-state index contributed by atoms with van der Waals surface area (Å²) in [4.78, 5) is 44.3. The minimum atomic E-state index is -3.37. The van der Waals surface area contributed by atoms with Gasteiger partial charge in [0.1, 0.15) is 0 Å². The largest absolute Gasteiger partial charge is 1.00 e. The minimum absolute atomic E-state index is 0. The maximum atomic E-state index is 9.45. The molecular weight excluding hydrogens is 280 g/mol. The molecule has 13 heavy (non-hydrogen) atoms. The third kappa shape index (κ3) is 48.7. The van der Waals surface area contributed by atoms with E-state index in [1.165, 1.54) is 0 Å². The average Bonchev–Trinajstić information content (AvgIpc) is 1.63. The molecule has 0 aliphatic heterocycles. The Kier molecular flexibility index (Phi) is 50.0. The summed E-state index contributed by atoms with van der Waals surface area (Å²) in [6.45, 7) is 0. The van der Waals surface area contributed by atoms with E-state index in [4.69, 9.17) is 14.7 Å². The number of hydrogen-bond acceptors (Lipinski definition) is 5. The number of amides is 2. The maximum Gasteiger partial charge on any atom is 1.00 e. The molecule has 0 bridgehead atoms. The summed E-state index contributed by atoms with van der Waals surface area (Å²) in [6, 6.07) is 0. The first-order valence-electron chi connectivity index (χ1n) is 1.78. The van der Waals surface area contributed by atoms with Crippen molar-refractivity contribution in [3.05, 3.63) is 0 Å². The molecule has 0 atom stereocenters. The molecule has 0 aliphatic rings. The van der Waals surface area contributed by atoms with Gasteiger partial charge in [0.2, 0.25) is 0 Å². The SMILES string of the molecule is NC(=O)C(N)=O.[K+].[K+].[K+].[O-]P([O-])[O-]. The Bertz CT molecular complexity index is 120. The summed E-state index contributed by atoms with van der Waals surface area (Å²) in [5, 5.41) is 0. The van der Waals surface area contributed by atoms with E-state index in [1.54, 1.807) is 0 Å². The first kappa shape index (κ1) is 30.3. The van der Waals surface area contributed by atoms with Crippen LogP contribution < -0.4 is 180 Å². The predicted molar refractivity (Wildman–Crippen MR) is 25.3 cm³/mol. The summed E-state index contributed by atoms with van der Waals surface area (Å²) in [6.07, 6.45) is 0. The molecule has 0 saturated heterocycles. The Labute approximate surface area is 204 Å². The van der Waals surface area contributed by atoms with Gasteiger partial charge in [-0.3, -0.25) is 9.59 Å². The van der Waals surface area contributed by atoms with Gasteiger partial charge in [0.15, 0.2) is 0 Å². The fourth-order valence-corrected chi connectivity index (χ4v) is 0. The molecule has 0 aromatic carbocycles. The second-order valence-electron chi connectivity index (χ2n) is 0.952. The molecule has 0 rings (SSSR count). The molecule has 7 nitrogen and oxygen atoms in total. The van der Waals surface area contributed by atoms with E-state index in [-0.39, 0.29) is 154 Å². The number of hydrogen-bond donors (Lipinski definition) is 2. The third-order valence-electron chi connectivity index (χ3n) is 0.243. The van der Waals surface area contributed by atoms with Gasteiger partial charge in [-0.15, -0.1) is 0 Å². The molecule has 0 unspecified atom stereocenters. The smallest absolute Gasteiger partial charge is 0.854 e. The second-order valence-corrected chi connectivity index (χ2v) is 1.40. The van der Waals surface area contributed by atoms with Crippen LogP contribution in [0.1, 0.15) is 0 Å². The summed E-state index contributed by atoms with van der Waals surface area (Å²) in [5.74, 6) is -2.20. The third-order valence-corrected chi connectivity index (χ3v) is 0.243. The van der Waals surface area contributed by atoms with Crippen molar-refractivity contribution < 1.29 is 178 Å². The molecule has 4 N–H and O–H groups in total. The normalized spacial score (nSPS) is 6.15. The van der Waals surface area contributed by atoms with Crippen LogP contribution in [0.3, 0.4) is 0 Å². The standard InChI is InChI=1S/C2H4N2O2.3K.O3P/c3-1(5)2(4)6;;;;1-4(2)3/h(H2,3,5)(H2,4,6);;;;/q;3*+1;-3. The fourth-order valence-electron chi connectivity index (χ4n) is 0. The van der Waals surface area contributed by atoms with Crippen LogP contribution in [0.5, 0.6) is 0 Å². The number of rotatable bonds is 0. The van der Waals surface area contributed by atoms with Crippen molar-refractivity contribution in [1.29, 1.82) is 0 Å². The van der Waals surface area contributed by atoms with Crippen molar-refractivity contribution in [3.8, 4) is 0 Å². The van der Waals surface area contributed by atoms with E-state index in [9.17, 15) is 9.59 Å². The van der Waals surface area contributed by atoms with Crippen molar-refractivity contribution in [2.75, 3.05) is 0 Å². The zero-order chi connectivity index (χ0) is 8.73. The van der Waals surface area contributed by atoms with Crippen LogP contribution in [-0.2, 0) is 9.59 Å². The molecule has 0 heterocycles. The van der Waals surface area contributed by atoms with Gasteiger partial charge in [-0.25, -0.2) is 0 Å². The van der Waals surface area contributed by atoms with Gasteiger partial charge in [-0.2, -0.15) is 0 Å². The molecule has 60 valence electrons. The van der Waals surface area contributed by atoms with Gasteiger partial charge < -0.3 is 34.7 Å². The van der Waals surface area contributed by atoms with Gasteiger partial charge >= 0.3 is 166 Å². The van der Waals surface area contributed by atoms with Gasteiger partial charge in [-0.1, -0.05) is 0 Å². The summed E-state index contributed by atoms with van der Waals surface area (Å²) >= 11 is 0. The van der Waals surface area contributed by atoms with Crippen LogP contribution in [-0.4, -0.2) is 11.8 Å². The first-order chi connectivity index (χ1) is 4.37. The van der Waals surface area contributed by atoms with Crippen LogP contribution in [0, 0.1) is 0 Å².